The zero-order chi connectivity index (χ0) is 18.3. The second kappa shape index (κ2) is 8.80. The van der Waals surface area contributed by atoms with Gasteiger partial charge in [0.15, 0.2) is 11.6 Å². The van der Waals surface area contributed by atoms with Crippen molar-refractivity contribution in [2.45, 2.75) is 32.2 Å². The lowest BCUT2D eigenvalue weighted by molar-refractivity contribution is 0.580. The topological polar surface area (TPSA) is 101 Å². The smallest absolute Gasteiger partial charge is 0.191 e. The first-order valence-electron chi connectivity index (χ1n) is 8.32. The highest BCUT2D eigenvalue weighted by atomic mass is 32.2. The van der Waals surface area contributed by atoms with E-state index in [-0.39, 0.29) is 11.8 Å². The van der Waals surface area contributed by atoms with Gasteiger partial charge in [0.05, 0.1) is 5.75 Å². The maximum Gasteiger partial charge on any atom is 0.191 e. The predicted molar refractivity (Wildman–Crippen MR) is 99.6 cm³/mol. The molecule has 0 amide bonds. The molecule has 2 aromatic heterocycles. The van der Waals surface area contributed by atoms with Crippen molar-refractivity contribution in [3.8, 4) is 0 Å². The standard InChI is InChI=1S/C16H26N6O2S/c1-13(9-12-25(3,23)24)19-16(17-2)18-10-6-8-15-21-20-14-7-4-5-11-22(14)15/h4-5,7,11,13H,6,8-10,12H2,1-3H3,(H2,17,18,19). The van der Waals surface area contributed by atoms with Crippen LogP contribution in [0.5, 0.6) is 0 Å². The fraction of sp³-hybridized carbons (Fsp3) is 0.562. The van der Waals surface area contributed by atoms with E-state index in [1.54, 1.807) is 7.05 Å². The van der Waals surface area contributed by atoms with Crippen molar-refractivity contribution in [3.05, 3.63) is 30.2 Å². The molecule has 0 aromatic carbocycles. The Morgan fingerprint density at radius 3 is 2.88 bits per heavy atom. The van der Waals surface area contributed by atoms with Crippen LogP contribution in [0.25, 0.3) is 5.65 Å². The van der Waals surface area contributed by atoms with Crippen LogP contribution in [-0.2, 0) is 16.3 Å². The number of nitrogens with one attached hydrogen (secondary N) is 2. The van der Waals surface area contributed by atoms with E-state index in [9.17, 15) is 8.42 Å². The Kier molecular flexibility index (Phi) is 6.74. The summed E-state index contributed by atoms with van der Waals surface area (Å²) in [5.41, 5.74) is 0.850. The fourth-order valence-electron chi connectivity index (χ4n) is 2.41. The normalized spacial score (nSPS) is 13.8. The number of hydrogen-bond acceptors (Lipinski definition) is 5. The third kappa shape index (κ3) is 6.33. The zero-order valence-corrected chi connectivity index (χ0v) is 15.8. The van der Waals surface area contributed by atoms with E-state index in [0.29, 0.717) is 12.4 Å². The minimum Gasteiger partial charge on any atom is -0.356 e. The molecule has 0 spiro atoms. The summed E-state index contributed by atoms with van der Waals surface area (Å²) in [6.07, 6.45) is 5.45. The molecule has 0 saturated heterocycles. The van der Waals surface area contributed by atoms with Gasteiger partial charge in [-0.05, 0) is 31.9 Å². The van der Waals surface area contributed by atoms with Crippen molar-refractivity contribution in [2.24, 2.45) is 4.99 Å². The number of pyridine rings is 1. The lowest BCUT2D eigenvalue weighted by Crippen LogP contribution is -2.43. The highest BCUT2D eigenvalue weighted by molar-refractivity contribution is 7.90. The van der Waals surface area contributed by atoms with Crippen LogP contribution in [0.3, 0.4) is 0 Å². The van der Waals surface area contributed by atoms with E-state index < -0.39 is 9.84 Å². The molecular formula is C16H26N6O2S. The highest BCUT2D eigenvalue weighted by Crippen LogP contribution is 2.04. The molecule has 2 heterocycles. The SMILES string of the molecule is CN=C(NCCCc1nnc2ccccn12)NC(C)CCS(C)(=O)=O. The number of aliphatic imine (C=N–C) groups is 1. The summed E-state index contributed by atoms with van der Waals surface area (Å²) in [5, 5.41) is 14.8. The third-order valence-electron chi connectivity index (χ3n) is 3.78. The molecule has 0 radical (unpaired) electrons. The third-order valence-corrected chi connectivity index (χ3v) is 4.76. The molecule has 9 heteroatoms. The number of aryl methyl sites for hydroxylation is 1. The van der Waals surface area contributed by atoms with Gasteiger partial charge in [-0.2, -0.15) is 0 Å². The van der Waals surface area contributed by atoms with Gasteiger partial charge >= 0.3 is 0 Å². The van der Waals surface area contributed by atoms with Crippen LogP contribution in [0.2, 0.25) is 0 Å². The minimum absolute atomic E-state index is 0.0290. The van der Waals surface area contributed by atoms with Crippen LogP contribution < -0.4 is 10.6 Å². The Hall–Kier alpha value is -2.16. The molecule has 1 atom stereocenters. The minimum atomic E-state index is -2.94. The predicted octanol–water partition coefficient (Wildman–Crippen LogP) is 0.650. The molecule has 2 aromatic rings. The van der Waals surface area contributed by atoms with Gasteiger partial charge in [0.2, 0.25) is 0 Å². The molecule has 8 nitrogen and oxygen atoms in total. The molecule has 138 valence electrons. The number of guanidine groups is 1. The van der Waals surface area contributed by atoms with Crippen LogP contribution >= 0.6 is 0 Å². The van der Waals surface area contributed by atoms with Crippen LogP contribution in [0.15, 0.2) is 29.4 Å². The summed E-state index contributed by atoms with van der Waals surface area (Å²) >= 11 is 0. The molecule has 1 unspecified atom stereocenters. The molecule has 0 aliphatic heterocycles. The summed E-state index contributed by atoms with van der Waals surface area (Å²) in [6.45, 7) is 2.68. The Morgan fingerprint density at radius 1 is 1.36 bits per heavy atom. The summed E-state index contributed by atoms with van der Waals surface area (Å²) in [4.78, 5) is 4.17. The fourth-order valence-corrected chi connectivity index (χ4v) is 3.19. The molecule has 25 heavy (non-hydrogen) atoms. The summed E-state index contributed by atoms with van der Waals surface area (Å²) < 4.78 is 24.4. The summed E-state index contributed by atoms with van der Waals surface area (Å²) in [6, 6.07) is 5.86. The van der Waals surface area contributed by atoms with Gasteiger partial charge in [-0.25, -0.2) is 8.42 Å². The van der Waals surface area contributed by atoms with E-state index >= 15 is 0 Å². The summed E-state index contributed by atoms with van der Waals surface area (Å²) in [5.74, 6) is 1.77. The van der Waals surface area contributed by atoms with Crippen LogP contribution in [0.1, 0.15) is 25.6 Å². The van der Waals surface area contributed by atoms with Gasteiger partial charge in [-0.3, -0.25) is 9.39 Å². The quantitative estimate of drug-likeness (QED) is 0.404. The molecule has 0 bridgehead atoms. The number of sulfone groups is 1. The molecule has 0 saturated carbocycles. The van der Waals surface area contributed by atoms with E-state index in [2.05, 4.69) is 25.8 Å². The Balaban J connectivity index is 1.74. The van der Waals surface area contributed by atoms with Gasteiger partial charge in [0.1, 0.15) is 15.7 Å². The molecule has 0 aliphatic rings. The van der Waals surface area contributed by atoms with Gasteiger partial charge in [0.25, 0.3) is 0 Å². The van der Waals surface area contributed by atoms with E-state index in [0.717, 1.165) is 30.9 Å². The lowest BCUT2D eigenvalue weighted by Gasteiger charge is -2.17. The van der Waals surface area contributed by atoms with Gasteiger partial charge in [-0.1, -0.05) is 6.07 Å². The zero-order valence-electron chi connectivity index (χ0n) is 14.9. The largest absolute Gasteiger partial charge is 0.356 e. The van der Waals surface area contributed by atoms with Gasteiger partial charge in [0, 0.05) is 38.5 Å². The van der Waals surface area contributed by atoms with Crippen molar-refractivity contribution in [3.63, 3.8) is 0 Å². The molecule has 0 aliphatic carbocycles. The Bertz CT molecular complexity index is 815. The molecule has 2 rings (SSSR count). The van der Waals surface area contributed by atoms with Gasteiger partial charge in [-0.15, -0.1) is 10.2 Å². The maximum absolute atomic E-state index is 11.2. The second-order valence-corrected chi connectivity index (χ2v) is 8.37. The lowest BCUT2D eigenvalue weighted by atomic mass is 10.2. The monoisotopic (exact) mass is 366 g/mol. The van der Waals surface area contributed by atoms with Gasteiger partial charge < -0.3 is 10.6 Å². The maximum atomic E-state index is 11.2. The van der Waals surface area contributed by atoms with E-state index in [1.165, 1.54) is 6.26 Å². The number of nitrogens with zero attached hydrogens (tertiary/aromatic N) is 4. The Morgan fingerprint density at radius 2 is 2.16 bits per heavy atom. The second-order valence-electron chi connectivity index (χ2n) is 6.11. The molecule has 2 N–H and O–H groups in total. The first-order valence-corrected chi connectivity index (χ1v) is 10.4. The van der Waals surface area contributed by atoms with Crippen molar-refractivity contribution in [2.75, 3.05) is 25.6 Å². The van der Waals surface area contributed by atoms with Crippen LogP contribution in [-0.4, -0.2) is 60.6 Å². The number of fused-ring (bicyclic) bond motifs is 1. The first-order chi connectivity index (χ1) is 11.9. The summed E-state index contributed by atoms with van der Waals surface area (Å²) in [7, 11) is -1.24. The van der Waals surface area contributed by atoms with Crippen LogP contribution in [0.4, 0.5) is 0 Å². The number of aromatic nitrogens is 3. The van der Waals surface area contributed by atoms with Crippen molar-refractivity contribution >= 4 is 21.4 Å². The van der Waals surface area contributed by atoms with E-state index in [1.807, 2.05) is 35.7 Å². The van der Waals surface area contributed by atoms with Crippen molar-refractivity contribution in [1.29, 1.82) is 0 Å². The van der Waals surface area contributed by atoms with Crippen LogP contribution in [0, 0.1) is 0 Å². The number of hydrogen-bond donors (Lipinski definition) is 2. The van der Waals surface area contributed by atoms with Crippen molar-refractivity contribution < 1.29 is 8.42 Å². The van der Waals surface area contributed by atoms with Crippen molar-refractivity contribution in [1.82, 2.24) is 25.2 Å². The highest BCUT2D eigenvalue weighted by Gasteiger charge is 2.09. The number of rotatable bonds is 8. The molecular weight excluding hydrogens is 340 g/mol. The average Bonchev–Trinajstić information content (AvgIpc) is 2.98. The Labute approximate surface area is 148 Å². The first kappa shape index (κ1) is 19.2. The molecule has 0 fully saturated rings. The average molecular weight is 366 g/mol. The van der Waals surface area contributed by atoms with E-state index in [4.69, 9.17) is 0 Å².